The van der Waals surface area contributed by atoms with Crippen LogP contribution >= 0.6 is 0 Å². The van der Waals surface area contributed by atoms with Gasteiger partial charge in [-0.15, -0.1) is 0 Å². The molecule has 1 aromatic heterocycles. The lowest BCUT2D eigenvalue weighted by Crippen LogP contribution is -2.37. The van der Waals surface area contributed by atoms with Crippen LogP contribution in [0.5, 0.6) is 5.75 Å². The molecule has 3 atom stereocenters. The molecule has 5 rings (SSSR count). The van der Waals surface area contributed by atoms with Gasteiger partial charge < -0.3 is 25.8 Å². The number of alkyl halides is 3. The number of halogens is 4. The van der Waals surface area contributed by atoms with Crippen molar-refractivity contribution in [2.75, 3.05) is 10.6 Å². The number of hydrogen-bond donors (Lipinski definition) is 4. The van der Waals surface area contributed by atoms with Crippen LogP contribution in [-0.2, 0) is 17.4 Å². The molecule has 4 N–H and O–H groups in total. The number of pyridine rings is 1. The maximum atomic E-state index is 14.1. The number of fused-ring (bicyclic) bond motifs is 2. The van der Waals surface area contributed by atoms with Gasteiger partial charge in [0, 0.05) is 24.1 Å². The monoisotopic (exact) mass is 544 g/mol. The molecule has 2 aromatic rings. The molecule has 0 unspecified atom stereocenters. The van der Waals surface area contributed by atoms with Crippen LogP contribution < -0.4 is 20.7 Å². The van der Waals surface area contributed by atoms with Gasteiger partial charge in [-0.05, 0) is 67.7 Å². The van der Waals surface area contributed by atoms with Gasteiger partial charge in [-0.2, -0.15) is 13.2 Å². The predicted molar refractivity (Wildman–Crippen MR) is 133 cm³/mol. The number of nitrogens with zero attached hydrogens (tertiary/aromatic N) is 1. The molecule has 2 aliphatic carbocycles. The molecule has 8 nitrogen and oxygen atoms in total. The summed E-state index contributed by atoms with van der Waals surface area (Å²) in [5.41, 5.74) is -0.994. The minimum absolute atomic E-state index is 0.0450. The van der Waals surface area contributed by atoms with Gasteiger partial charge in [0.25, 0.3) is 0 Å². The molecule has 39 heavy (non-hydrogen) atoms. The summed E-state index contributed by atoms with van der Waals surface area (Å²) in [5, 5.41) is 18.2. The molecule has 3 aliphatic rings. The zero-order valence-corrected chi connectivity index (χ0v) is 20.7. The molecule has 1 aromatic carbocycles. The van der Waals surface area contributed by atoms with Gasteiger partial charge in [-0.1, -0.05) is 6.58 Å². The van der Waals surface area contributed by atoms with Gasteiger partial charge in [0.1, 0.15) is 28.9 Å². The minimum Gasteiger partial charge on any atom is -0.508 e. The van der Waals surface area contributed by atoms with Crippen LogP contribution in [0.1, 0.15) is 30.9 Å². The number of hydrogen-bond acceptors (Lipinski definition) is 5. The second-order valence-electron chi connectivity index (χ2n) is 9.74. The molecule has 1 aliphatic heterocycles. The van der Waals surface area contributed by atoms with Gasteiger partial charge in [-0.3, -0.25) is 4.79 Å². The number of allylic oxidation sites excluding steroid dienone is 4. The van der Waals surface area contributed by atoms with Crippen molar-refractivity contribution in [1.29, 1.82) is 0 Å². The highest BCUT2D eigenvalue weighted by atomic mass is 19.4. The molecule has 204 valence electrons. The quantitative estimate of drug-likeness (QED) is 0.206. The Morgan fingerprint density at radius 3 is 2.74 bits per heavy atom. The third kappa shape index (κ3) is 5.18. The van der Waals surface area contributed by atoms with Crippen molar-refractivity contribution in [3.05, 3.63) is 83.2 Å². The maximum Gasteiger partial charge on any atom is 0.416 e. The Balaban J connectivity index is 1.17. The number of urea groups is 1. The number of amides is 3. The molecule has 0 spiro atoms. The average Bonchev–Trinajstić information content (AvgIpc) is 3.72. The summed E-state index contributed by atoms with van der Waals surface area (Å²) in [5.74, 6) is -0.141. The van der Waals surface area contributed by atoms with Gasteiger partial charge >= 0.3 is 12.2 Å². The van der Waals surface area contributed by atoms with Gasteiger partial charge in [0.2, 0.25) is 5.91 Å². The van der Waals surface area contributed by atoms with Crippen LogP contribution in [0.15, 0.2) is 66.3 Å². The Bertz CT molecular complexity index is 1450. The van der Waals surface area contributed by atoms with Crippen molar-refractivity contribution in [2.45, 2.75) is 37.9 Å². The van der Waals surface area contributed by atoms with E-state index in [1.165, 1.54) is 12.3 Å². The highest BCUT2D eigenvalue weighted by Crippen LogP contribution is 2.74. The minimum atomic E-state index is -4.70. The summed E-state index contributed by atoms with van der Waals surface area (Å²) in [6.45, 7) is 5.63. The van der Waals surface area contributed by atoms with Gasteiger partial charge in [-0.25, -0.2) is 14.2 Å². The summed E-state index contributed by atoms with van der Waals surface area (Å²) in [6.07, 6.45) is 1.26. The zero-order chi connectivity index (χ0) is 28.1. The van der Waals surface area contributed by atoms with Crippen LogP contribution in [0.4, 0.5) is 33.9 Å². The van der Waals surface area contributed by atoms with E-state index in [1.54, 1.807) is 19.1 Å². The smallest absolute Gasteiger partial charge is 0.416 e. The molecule has 12 heteroatoms. The summed E-state index contributed by atoms with van der Waals surface area (Å²) in [4.78, 5) is 28.1. The van der Waals surface area contributed by atoms with Crippen molar-refractivity contribution in [1.82, 2.24) is 10.3 Å². The first kappa shape index (κ1) is 26.3. The zero-order valence-electron chi connectivity index (χ0n) is 20.7. The molecule has 3 amide bonds. The first-order valence-electron chi connectivity index (χ1n) is 12.1. The van der Waals surface area contributed by atoms with Crippen LogP contribution in [0.2, 0.25) is 0 Å². The second-order valence-corrected chi connectivity index (χ2v) is 9.74. The van der Waals surface area contributed by atoms with E-state index >= 15 is 0 Å². The first-order valence-corrected chi connectivity index (χ1v) is 12.1. The lowest BCUT2D eigenvalue weighted by Gasteiger charge is -2.19. The number of ether oxygens (including phenoxy) is 1. The van der Waals surface area contributed by atoms with E-state index in [9.17, 15) is 32.3 Å². The van der Waals surface area contributed by atoms with Crippen molar-refractivity contribution >= 4 is 23.4 Å². The number of aromatic nitrogens is 1. The molecule has 2 saturated carbocycles. The summed E-state index contributed by atoms with van der Waals surface area (Å²) < 4.78 is 58.1. The molecule has 2 fully saturated rings. The van der Waals surface area contributed by atoms with E-state index in [4.69, 9.17) is 4.74 Å². The van der Waals surface area contributed by atoms with E-state index in [1.807, 2.05) is 0 Å². The van der Waals surface area contributed by atoms with Crippen molar-refractivity contribution in [3.8, 4) is 5.75 Å². The van der Waals surface area contributed by atoms with E-state index in [-0.39, 0.29) is 29.2 Å². The average molecular weight is 545 g/mol. The number of aliphatic hydroxyl groups is 1. The number of carbonyl (C=O) groups excluding carboxylic acids is 2. The van der Waals surface area contributed by atoms with E-state index in [2.05, 4.69) is 27.5 Å². The third-order valence-corrected chi connectivity index (χ3v) is 7.12. The first-order chi connectivity index (χ1) is 18.4. The van der Waals surface area contributed by atoms with Crippen molar-refractivity contribution in [3.63, 3.8) is 0 Å². The fourth-order valence-electron chi connectivity index (χ4n) is 4.86. The summed E-state index contributed by atoms with van der Waals surface area (Å²) in [7, 11) is 0. The second kappa shape index (κ2) is 9.44. The molecule has 2 heterocycles. The molecular formula is C27H24F4N4O4. The Labute approximate surface area is 220 Å². The number of carbonyl (C=O) groups is 2. The van der Waals surface area contributed by atoms with Gasteiger partial charge in [0.05, 0.1) is 16.8 Å². The lowest BCUT2D eigenvalue weighted by atomic mass is 10.0. The van der Waals surface area contributed by atoms with Crippen LogP contribution in [0.3, 0.4) is 0 Å². The third-order valence-electron chi connectivity index (χ3n) is 7.12. The molecule has 0 bridgehead atoms. The maximum absolute atomic E-state index is 14.1. The van der Waals surface area contributed by atoms with Crippen LogP contribution in [0.25, 0.3) is 0 Å². The van der Waals surface area contributed by atoms with Crippen molar-refractivity contribution in [2.24, 2.45) is 11.8 Å². The highest BCUT2D eigenvalue weighted by Gasteiger charge is 2.80. The van der Waals surface area contributed by atoms with Gasteiger partial charge in [0.15, 0.2) is 0 Å². The Kier molecular flexibility index (Phi) is 6.36. The van der Waals surface area contributed by atoms with Crippen LogP contribution in [-0.4, -0.2) is 27.6 Å². The lowest BCUT2D eigenvalue weighted by molar-refractivity contribution is -0.137. The van der Waals surface area contributed by atoms with Crippen molar-refractivity contribution < 1.29 is 37.0 Å². The normalized spacial score (nSPS) is 23.7. The topological polar surface area (TPSA) is 113 Å². The number of benzene rings is 1. The molecule has 0 saturated heterocycles. The molecule has 0 radical (unpaired) electrons. The van der Waals surface area contributed by atoms with E-state index in [0.717, 1.165) is 11.6 Å². The van der Waals surface area contributed by atoms with Crippen LogP contribution in [0, 0.1) is 17.7 Å². The Hall–Kier alpha value is -4.35. The van der Waals surface area contributed by atoms with E-state index in [0.29, 0.717) is 54.3 Å². The van der Waals surface area contributed by atoms with E-state index < -0.39 is 29.1 Å². The number of rotatable bonds is 7. The fourth-order valence-corrected chi connectivity index (χ4v) is 4.86. The Morgan fingerprint density at radius 2 is 2.05 bits per heavy atom. The number of aliphatic hydroxyl groups excluding tert-OH is 1. The number of nitrogens with one attached hydrogen (secondary N) is 3. The number of anilines is 2. The fraction of sp³-hybridized carbons (Fsp3) is 0.296. The standard InChI is InChI=1S/C27H24F4N4O4/c1-13(39-21-9-10-32-24-16(21)5-8-22(37)34-24)3-7-20(36)14(2)23-17-12-26(17,23)35-25(38)33-19-6-4-15(11-18(19)28)27(29,30)31/h3-4,6-7,9-11,17,23,36H,2,5,8,12H2,1H3,(H,32,34,37)(H2,33,35,38)/b13-3+,20-7+/t17-,23+,26-/m0/s1. The molecular weight excluding hydrogens is 520 g/mol. The highest BCUT2D eigenvalue weighted by molar-refractivity contribution is 5.93. The summed E-state index contributed by atoms with van der Waals surface area (Å²) in [6, 6.07) is 2.77. The largest absolute Gasteiger partial charge is 0.508 e. The predicted octanol–water partition coefficient (Wildman–Crippen LogP) is 5.62. The SMILES string of the molecule is C=C(/C(O)=C\C=C(/C)Oc1ccnc2c1CCC(=O)N2)[C@@H]1[C@@H]2C[C@@]12NC(=O)Nc1ccc(C(F)(F)F)cc1F. The Morgan fingerprint density at radius 1 is 1.28 bits per heavy atom. The summed E-state index contributed by atoms with van der Waals surface area (Å²) >= 11 is 0.